The van der Waals surface area contributed by atoms with Crippen molar-refractivity contribution in [2.24, 2.45) is 5.92 Å². The van der Waals surface area contributed by atoms with Gasteiger partial charge in [0, 0.05) is 19.2 Å². The number of nitrogens with zero attached hydrogens (tertiary/aromatic N) is 2. The molecule has 0 aliphatic carbocycles. The first-order valence-corrected chi connectivity index (χ1v) is 5.22. The molecule has 0 unspecified atom stereocenters. The highest BCUT2D eigenvalue weighted by Gasteiger charge is 2.17. The first kappa shape index (κ1) is 9.44. The monoisotopic (exact) mass is 192 g/mol. The molecule has 0 N–H and O–H groups in total. The number of ketones is 1. The Morgan fingerprint density at radius 2 is 2.36 bits per heavy atom. The molecule has 2 rings (SSSR count). The Hall–Kier alpha value is -1.12. The first-order valence-electron chi connectivity index (χ1n) is 5.22. The maximum Gasteiger partial charge on any atom is 0.142 e. The molecule has 3 heteroatoms. The van der Waals surface area contributed by atoms with E-state index in [2.05, 4.69) is 29.6 Å². The van der Waals surface area contributed by atoms with Crippen molar-refractivity contribution < 1.29 is 4.79 Å². The van der Waals surface area contributed by atoms with Gasteiger partial charge in [-0.15, -0.1) is 0 Å². The molecular formula is C11H16N2O. The molecule has 0 saturated carbocycles. The fraction of sp³-hybridized carbons (Fsp3) is 0.636. The van der Waals surface area contributed by atoms with E-state index in [1.807, 2.05) is 0 Å². The van der Waals surface area contributed by atoms with E-state index in [-0.39, 0.29) is 0 Å². The largest absolute Gasteiger partial charge is 0.334 e. The third kappa shape index (κ3) is 1.86. The Kier molecular flexibility index (Phi) is 2.40. The predicted octanol–water partition coefficient (Wildman–Crippen LogP) is 1.60. The van der Waals surface area contributed by atoms with Gasteiger partial charge in [0.15, 0.2) is 0 Å². The minimum absolute atomic E-state index is 0.319. The third-order valence-electron chi connectivity index (χ3n) is 2.51. The fourth-order valence-electron chi connectivity index (χ4n) is 1.87. The van der Waals surface area contributed by atoms with Crippen molar-refractivity contribution >= 4 is 5.78 Å². The van der Waals surface area contributed by atoms with E-state index in [1.165, 1.54) is 0 Å². The second-order valence-corrected chi connectivity index (χ2v) is 4.41. The minimum atomic E-state index is 0.319. The van der Waals surface area contributed by atoms with Gasteiger partial charge in [0.1, 0.15) is 11.6 Å². The van der Waals surface area contributed by atoms with Crippen LogP contribution in [0.15, 0.2) is 6.20 Å². The predicted molar refractivity (Wildman–Crippen MR) is 54.1 cm³/mol. The number of fused-ring (bicyclic) bond motifs is 1. The second kappa shape index (κ2) is 3.56. The lowest BCUT2D eigenvalue weighted by molar-refractivity contribution is -0.119. The van der Waals surface area contributed by atoms with Gasteiger partial charge in [-0.25, -0.2) is 4.98 Å². The fourth-order valence-corrected chi connectivity index (χ4v) is 1.87. The topological polar surface area (TPSA) is 34.9 Å². The van der Waals surface area contributed by atoms with Crippen LogP contribution in [0.3, 0.4) is 0 Å². The molecule has 3 nitrogen and oxygen atoms in total. The summed E-state index contributed by atoms with van der Waals surface area (Å²) in [5, 5.41) is 0. The number of rotatable bonds is 2. The van der Waals surface area contributed by atoms with Crippen LogP contribution in [0.4, 0.5) is 0 Å². The summed E-state index contributed by atoms with van der Waals surface area (Å²) >= 11 is 0. The Labute approximate surface area is 84.1 Å². The van der Waals surface area contributed by atoms with Crippen LogP contribution in [0.5, 0.6) is 0 Å². The maximum absolute atomic E-state index is 11.2. The molecular weight excluding hydrogens is 176 g/mol. The number of hydrogen-bond donors (Lipinski definition) is 0. The molecule has 0 spiro atoms. The zero-order valence-electron chi connectivity index (χ0n) is 8.79. The summed E-state index contributed by atoms with van der Waals surface area (Å²) in [5.41, 5.74) is 1.13. The summed E-state index contributed by atoms with van der Waals surface area (Å²) in [6, 6.07) is 0. The van der Waals surface area contributed by atoms with E-state index in [0.29, 0.717) is 24.5 Å². The van der Waals surface area contributed by atoms with Crippen molar-refractivity contribution in [3.05, 3.63) is 17.7 Å². The van der Waals surface area contributed by atoms with Crippen molar-refractivity contribution in [2.75, 3.05) is 0 Å². The molecule has 0 amide bonds. The van der Waals surface area contributed by atoms with Crippen LogP contribution in [0.2, 0.25) is 0 Å². The van der Waals surface area contributed by atoms with Crippen molar-refractivity contribution in [3.8, 4) is 0 Å². The van der Waals surface area contributed by atoms with Crippen molar-refractivity contribution in [2.45, 2.75) is 39.7 Å². The quantitative estimate of drug-likeness (QED) is 0.713. The van der Waals surface area contributed by atoms with Crippen LogP contribution in [-0.4, -0.2) is 15.3 Å². The summed E-state index contributed by atoms with van der Waals surface area (Å²) in [6.07, 6.45) is 4.30. The molecule has 0 atom stereocenters. The van der Waals surface area contributed by atoms with Gasteiger partial charge >= 0.3 is 0 Å². The molecule has 1 aromatic heterocycles. The van der Waals surface area contributed by atoms with Gasteiger partial charge in [-0.05, 0) is 12.3 Å². The third-order valence-corrected chi connectivity index (χ3v) is 2.51. The number of aromatic nitrogens is 2. The van der Waals surface area contributed by atoms with Crippen molar-refractivity contribution in [1.82, 2.24) is 9.55 Å². The van der Waals surface area contributed by atoms with E-state index >= 15 is 0 Å². The molecule has 0 radical (unpaired) electrons. The minimum Gasteiger partial charge on any atom is -0.334 e. The van der Waals surface area contributed by atoms with E-state index in [9.17, 15) is 4.79 Å². The van der Waals surface area contributed by atoms with Crippen LogP contribution in [0.1, 0.15) is 31.8 Å². The lowest BCUT2D eigenvalue weighted by Gasteiger charge is -2.11. The average molecular weight is 192 g/mol. The van der Waals surface area contributed by atoms with Gasteiger partial charge in [-0.1, -0.05) is 13.8 Å². The lowest BCUT2D eigenvalue weighted by atomic mass is 10.1. The van der Waals surface area contributed by atoms with Crippen LogP contribution >= 0.6 is 0 Å². The molecule has 0 fully saturated rings. The molecule has 0 aromatic carbocycles. The molecule has 14 heavy (non-hydrogen) atoms. The Morgan fingerprint density at radius 3 is 3.07 bits per heavy atom. The molecule has 2 heterocycles. The van der Waals surface area contributed by atoms with Gasteiger partial charge in [0.2, 0.25) is 0 Å². The Morgan fingerprint density at radius 1 is 1.57 bits per heavy atom. The summed E-state index contributed by atoms with van der Waals surface area (Å²) in [7, 11) is 0. The molecule has 1 aliphatic rings. The lowest BCUT2D eigenvalue weighted by Crippen LogP contribution is -2.18. The SMILES string of the molecule is CC(C)Cc1cn2c(n1)CC(=O)CC2. The van der Waals surface area contributed by atoms with Crippen LogP contribution < -0.4 is 0 Å². The summed E-state index contributed by atoms with van der Waals surface area (Å²) < 4.78 is 2.12. The van der Waals surface area contributed by atoms with Gasteiger partial charge in [0.05, 0.1) is 12.1 Å². The number of aryl methyl sites for hydroxylation is 1. The number of carbonyl (C=O) groups is 1. The zero-order chi connectivity index (χ0) is 10.1. The van der Waals surface area contributed by atoms with Crippen molar-refractivity contribution in [3.63, 3.8) is 0 Å². The summed E-state index contributed by atoms with van der Waals surface area (Å²) in [4.78, 5) is 15.7. The van der Waals surface area contributed by atoms with E-state index < -0.39 is 0 Å². The highest BCUT2D eigenvalue weighted by atomic mass is 16.1. The second-order valence-electron chi connectivity index (χ2n) is 4.41. The first-order chi connectivity index (χ1) is 6.65. The summed E-state index contributed by atoms with van der Waals surface area (Å²) in [6.45, 7) is 5.19. The smallest absolute Gasteiger partial charge is 0.142 e. The van der Waals surface area contributed by atoms with Gasteiger partial charge < -0.3 is 4.57 Å². The molecule has 1 aliphatic heterocycles. The van der Waals surface area contributed by atoms with E-state index in [0.717, 1.165) is 24.5 Å². The molecule has 0 bridgehead atoms. The van der Waals surface area contributed by atoms with Crippen LogP contribution in [0, 0.1) is 5.92 Å². The standard InChI is InChI=1S/C11H16N2O/c1-8(2)5-9-7-13-4-3-10(14)6-11(13)12-9/h7-8H,3-6H2,1-2H3. The molecule has 1 aromatic rings. The number of carbonyl (C=O) groups excluding carboxylic acids is 1. The number of hydrogen-bond acceptors (Lipinski definition) is 2. The Balaban J connectivity index is 2.19. The van der Waals surface area contributed by atoms with Crippen LogP contribution in [0.25, 0.3) is 0 Å². The van der Waals surface area contributed by atoms with Gasteiger partial charge in [-0.2, -0.15) is 0 Å². The molecule has 0 saturated heterocycles. The summed E-state index contributed by atoms with van der Waals surface area (Å²) in [5.74, 6) is 1.90. The van der Waals surface area contributed by atoms with Crippen molar-refractivity contribution in [1.29, 1.82) is 0 Å². The molecule has 76 valence electrons. The highest BCUT2D eigenvalue weighted by Crippen LogP contribution is 2.14. The van der Waals surface area contributed by atoms with Gasteiger partial charge in [-0.3, -0.25) is 4.79 Å². The van der Waals surface area contributed by atoms with Crippen LogP contribution in [-0.2, 0) is 24.2 Å². The van der Waals surface area contributed by atoms with Gasteiger partial charge in [0.25, 0.3) is 0 Å². The number of imidazole rings is 1. The maximum atomic E-state index is 11.2. The van der Waals surface area contributed by atoms with E-state index in [4.69, 9.17) is 0 Å². The normalized spacial score (nSPS) is 16.1. The number of Topliss-reactive ketones (excluding diaryl/α,β-unsaturated/α-hetero) is 1. The average Bonchev–Trinajstić information content (AvgIpc) is 2.44. The van der Waals surface area contributed by atoms with E-state index in [1.54, 1.807) is 0 Å². The zero-order valence-corrected chi connectivity index (χ0v) is 8.79. The Bertz CT molecular complexity index is 352. The highest BCUT2D eigenvalue weighted by molar-refractivity contribution is 5.80.